The second-order valence-corrected chi connectivity index (χ2v) is 25.7. The van der Waals surface area contributed by atoms with E-state index in [9.17, 15) is 0 Å². The van der Waals surface area contributed by atoms with Gasteiger partial charge in [-0.15, -0.1) is 0 Å². The standard InChI is InChI=1S/C31H20N3O.C17H22GeN.Ir/c1-20-11-16-24-25-18-32-19-26(30(25)35-29(24)17-20)31-33-27-9-5-6-10-28(27)34(31)23-14-12-22(13-15-23)21-7-3-2-4-8-21;1-13(2)15-11-17(14-9-7-6-8-10-14)19-12-16(15)18(3,4)5;/h2-18H,1H3;6-9,11-13H,1-5H3;/q2*-1;. The molecule has 0 bridgehead atoms. The van der Waals surface area contributed by atoms with Crippen LogP contribution in [0, 0.1) is 19.2 Å². The molecule has 0 N–H and O–H groups in total. The summed E-state index contributed by atoms with van der Waals surface area (Å²) >= 11 is -1.85. The molecule has 0 atom stereocenters. The maximum Gasteiger partial charge on any atom is 0.121 e. The van der Waals surface area contributed by atoms with Crippen LogP contribution >= 0.6 is 0 Å². The first-order chi connectivity index (χ1) is 26.2. The van der Waals surface area contributed by atoms with Crippen LogP contribution in [0.2, 0.25) is 17.3 Å². The van der Waals surface area contributed by atoms with Crippen LogP contribution in [0.25, 0.3) is 72.4 Å². The van der Waals surface area contributed by atoms with Crippen molar-refractivity contribution in [2.24, 2.45) is 0 Å². The average Bonchev–Trinajstić information content (AvgIpc) is 3.76. The van der Waals surface area contributed by atoms with Crippen LogP contribution in [0.15, 0.2) is 144 Å². The Morgan fingerprint density at radius 2 is 1.47 bits per heavy atom. The molecule has 7 heteroatoms. The Balaban J connectivity index is 0.000000199. The molecule has 5 nitrogen and oxygen atoms in total. The van der Waals surface area contributed by atoms with Crippen molar-refractivity contribution in [2.75, 3.05) is 0 Å². The van der Waals surface area contributed by atoms with Gasteiger partial charge < -0.3 is 14.0 Å². The Bertz CT molecular complexity index is 2730. The molecule has 5 aromatic carbocycles. The molecule has 0 amide bonds. The van der Waals surface area contributed by atoms with E-state index in [1.165, 1.54) is 21.1 Å². The van der Waals surface area contributed by atoms with Crippen molar-refractivity contribution in [3.8, 4) is 39.5 Å². The van der Waals surface area contributed by atoms with Crippen molar-refractivity contribution in [1.29, 1.82) is 0 Å². The number of rotatable bonds is 6. The summed E-state index contributed by atoms with van der Waals surface area (Å²) in [6, 6.07) is 47.0. The van der Waals surface area contributed by atoms with Gasteiger partial charge in [0.05, 0.1) is 22.4 Å². The number of para-hydroxylation sites is 2. The van der Waals surface area contributed by atoms with Gasteiger partial charge in [0.25, 0.3) is 0 Å². The molecule has 4 aromatic heterocycles. The molecule has 9 rings (SSSR count). The maximum atomic E-state index is 6.36. The van der Waals surface area contributed by atoms with E-state index in [2.05, 4.69) is 156 Å². The second kappa shape index (κ2) is 15.9. The summed E-state index contributed by atoms with van der Waals surface area (Å²) in [6.45, 7) is 6.60. The van der Waals surface area contributed by atoms with E-state index in [-0.39, 0.29) is 20.1 Å². The minimum Gasteiger partial charge on any atom is -0.500 e. The third-order valence-electron chi connectivity index (χ3n) is 9.85. The number of furan rings is 1. The molecule has 9 aromatic rings. The summed E-state index contributed by atoms with van der Waals surface area (Å²) in [7, 11) is 0. The van der Waals surface area contributed by atoms with Gasteiger partial charge in [0.15, 0.2) is 0 Å². The van der Waals surface area contributed by atoms with Gasteiger partial charge in [-0.2, -0.15) is 0 Å². The molecule has 55 heavy (non-hydrogen) atoms. The summed E-state index contributed by atoms with van der Waals surface area (Å²) in [5, 5.41) is 2.01. The Kier molecular flexibility index (Phi) is 11.0. The number of pyridine rings is 2. The topological polar surface area (TPSA) is 56.7 Å². The Labute approximate surface area is 339 Å². The minimum atomic E-state index is -1.85. The number of nitrogens with zero attached hydrogens (tertiary/aromatic N) is 4. The predicted molar refractivity (Wildman–Crippen MR) is 226 cm³/mol. The zero-order valence-corrected chi connectivity index (χ0v) is 36.4. The van der Waals surface area contributed by atoms with E-state index in [1.807, 2.05) is 48.7 Å². The molecule has 0 saturated carbocycles. The first-order valence-corrected chi connectivity index (χ1v) is 25.8. The number of hydrogen-bond acceptors (Lipinski definition) is 4. The predicted octanol–water partition coefficient (Wildman–Crippen LogP) is 12.0. The molecule has 0 spiro atoms. The number of aromatic nitrogens is 4. The third kappa shape index (κ3) is 7.72. The number of hydrogen-bond donors (Lipinski definition) is 0. The molecule has 0 aliphatic rings. The largest absolute Gasteiger partial charge is 0.500 e. The SMILES string of the molecule is CC(C)c1cc(-c2[c-]cccc2)nc[c]1[Ge]([CH3])([CH3])[CH3].Cc1ccc2c(c1)oc1c(-c3nc4ccccc4n3-c3ccc(-c4ccccc4)cc3)[c-]ncc12.[Ir]. The molecule has 1 radical (unpaired) electrons. The molecule has 0 unspecified atom stereocenters. The summed E-state index contributed by atoms with van der Waals surface area (Å²) in [6.07, 6.45) is 7.12. The number of benzene rings is 5. The van der Waals surface area contributed by atoms with Crippen molar-refractivity contribution in [2.45, 2.75) is 44.0 Å². The van der Waals surface area contributed by atoms with Gasteiger partial charge in [0.2, 0.25) is 0 Å². The summed E-state index contributed by atoms with van der Waals surface area (Å²) in [5.74, 6) is 8.59. The first kappa shape index (κ1) is 38.1. The summed E-state index contributed by atoms with van der Waals surface area (Å²) < 4.78 is 10.0. The average molecular weight is 956 g/mol. The number of aryl methyl sites for hydroxylation is 1. The van der Waals surface area contributed by atoms with Gasteiger partial charge in [0.1, 0.15) is 5.58 Å². The monoisotopic (exact) mass is 957 g/mol. The van der Waals surface area contributed by atoms with E-state index in [4.69, 9.17) is 9.40 Å². The first-order valence-electron chi connectivity index (χ1n) is 18.5. The summed E-state index contributed by atoms with van der Waals surface area (Å²) in [4.78, 5) is 14.1. The van der Waals surface area contributed by atoms with Gasteiger partial charge in [-0.25, -0.2) is 0 Å². The third-order valence-corrected chi connectivity index (χ3v) is 14.1. The van der Waals surface area contributed by atoms with Crippen molar-refractivity contribution < 1.29 is 24.5 Å². The van der Waals surface area contributed by atoms with Crippen LogP contribution in [0.3, 0.4) is 0 Å². The molecule has 0 aliphatic heterocycles. The van der Waals surface area contributed by atoms with Crippen LogP contribution in [0.5, 0.6) is 0 Å². The quantitative estimate of drug-likeness (QED) is 0.123. The molecular formula is C48H42GeIrN4O-2. The van der Waals surface area contributed by atoms with E-state index in [0.717, 1.165) is 66.9 Å². The molecule has 275 valence electrons. The Morgan fingerprint density at radius 3 is 2.20 bits per heavy atom. The van der Waals surface area contributed by atoms with Crippen LogP contribution in [0.4, 0.5) is 0 Å². The second-order valence-electron chi connectivity index (χ2n) is 15.1. The molecule has 4 heterocycles. The van der Waals surface area contributed by atoms with Crippen molar-refractivity contribution in [3.63, 3.8) is 0 Å². The minimum absolute atomic E-state index is 0. The van der Waals surface area contributed by atoms with Crippen LogP contribution in [-0.2, 0) is 20.1 Å². The maximum absolute atomic E-state index is 6.36. The van der Waals surface area contributed by atoms with E-state index in [1.54, 1.807) is 0 Å². The van der Waals surface area contributed by atoms with Crippen molar-refractivity contribution in [3.05, 3.63) is 163 Å². The van der Waals surface area contributed by atoms with E-state index in [0.29, 0.717) is 5.92 Å². The number of fused-ring (bicyclic) bond motifs is 4. The molecule has 0 fully saturated rings. The fourth-order valence-electron chi connectivity index (χ4n) is 7.07. The van der Waals surface area contributed by atoms with Gasteiger partial charge in [0, 0.05) is 31.2 Å². The molecular weight excluding hydrogens is 913 g/mol. The van der Waals surface area contributed by atoms with Crippen LogP contribution in [0.1, 0.15) is 30.9 Å². The van der Waals surface area contributed by atoms with E-state index < -0.39 is 13.3 Å². The van der Waals surface area contributed by atoms with Crippen molar-refractivity contribution in [1.82, 2.24) is 19.5 Å². The molecule has 0 saturated heterocycles. The normalized spacial score (nSPS) is 11.5. The fourth-order valence-corrected chi connectivity index (χ4v) is 10.6. The number of imidazole rings is 1. The fraction of sp³-hybridized carbons (Fsp3) is 0.146. The van der Waals surface area contributed by atoms with Crippen LogP contribution in [-0.4, -0.2) is 32.8 Å². The van der Waals surface area contributed by atoms with Gasteiger partial charge in [-0.05, 0) is 77.3 Å². The van der Waals surface area contributed by atoms with Gasteiger partial charge >= 0.3 is 119 Å². The van der Waals surface area contributed by atoms with Crippen molar-refractivity contribution >= 4 is 50.6 Å². The molecule has 0 aliphatic carbocycles. The van der Waals surface area contributed by atoms with Gasteiger partial charge in [-0.3, -0.25) is 4.98 Å². The van der Waals surface area contributed by atoms with Gasteiger partial charge in [-0.1, -0.05) is 66.7 Å². The van der Waals surface area contributed by atoms with E-state index >= 15 is 0 Å². The van der Waals surface area contributed by atoms with Crippen LogP contribution < -0.4 is 4.40 Å². The summed E-state index contributed by atoms with van der Waals surface area (Å²) in [5.41, 5.74) is 12.4. The smallest absolute Gasteiger partial charge is 0.121 e. The zero-order valence-electron chi connectivity index (χ0n) is 31.9. The Hall–Kier alpha value is -5.14. The zero-order chi connectivity index (χ0) is 37.4. The Morgan fingerprint density at radius 1 is 0.745 bits per heavy atom.